The minimum Gasteiger partial charge on any atom is -0.328 e. The van der Waals surface area contributed by atoms with Gasteiger partial charge >= 0.3 is 6.03 Å². The number of amides is 2. The molecule has 2 amide bonds. The highest BCUT2D eigenvalue weighted by molar-refractivity contribution is 5.89. The molecule has 2 atom stereocenters. The van der Waals surface area contributed by atoms with Crippen LogP contribution in [0.5, 0.6) is 0 Å². The Morgan fingerprint density at radius 2 is 1.91 bits per heavy atom. The molecule has 1 saturated heterocycles. The van der Waals surface area contributed by atoms with Crippen molar-refractivity contribution in [3.8, 4) is 6.07 Å². The van der Waals surface area contributed by atoms with Crippen LogP contribution in [0.15, 0.2) is 12.3 Å². The van der Waals surface area contributed by atoms with Gasteiger partial charge in [0.25, 0.3) is 0 Å². The zero-order valence-electron chi connectivity index (χ0n) is 14.2. The molecule has 0 saturated carbocycles. The van der Waals surface area contributed by atoms with Crippen LogP contribution in [0.1, 0.15) is 46.6 Å². The predicted molar refractivity (Wildman–Crippen MR) is 87.7 cm³/mol. The Hall–Kier alpha value is -1.96. The fraction of sp³-hybridized carbons (Fsp3) is 0.647. The van der Waals surface area contributed by atoms with Crippen molar-refractivity contribution in [3.63, 3.8) is 0 Å². The standard InChI is InChI=1S/C17H26N4O/c1-12-6-13(2)10-20(9-12)16(22)19-15-7-14(8-18)11-21(15)17(3,4)5/h7,11-13H,6,9-10H2,1-5H3,(H,19,22). The lowest BCUT2D eigenvalue weighted by Crippen LogP contribution is -2.45. The monoisotopic (exact) mass is 302 g/mol. The van der Waals surface area contributed by atoms with E-state index >= 15 is 0 Å². The first-order valence-electron chi connectivity index (χ1n) is 7.89. The third-order valence-corrected chi connectivity index (χ3v) is 4.06. The average molecular weight is 302 g/mol. The third kappa shape index (κ3) is 3.62. The van der Waals surface area contributed by atoms with E-state index in [1.54, 1.807) is 12.3 Å². The first-order valence-corrected chi connectivity index (χ1v) is 7.89. The Morgan fingerprint density at radius 3 is 2.41 bits per heavy atom. The van der Waals surface area contributed by atoms with Gasteiger partial charge in [-0.3, -0.25) is 5.32 Å². The molecule has 2 rings (SSSR count). The van der Waals surface area contributed by atoms with Gasteiger partial charge < -0.3 is 9.47 Å². The summed E-state index contributed by atoms with van der Waals surface area (Å²) in [4.78, 5) is 14.4. The van der Waals surface area contributed by atoms with Gasteiger partial charge in [-0.15, -0.1) is 0 Å². The summed E-state index contributed by atoms with van der Waals surface area (Å²) in [5.74, 6) is 1.73. The summed E-state index contributed by atoms with van der Waals surface area (Å²) < 4.78 is 1.94. The summed E-state index contributed by atoms with van der Waals surface area (Å²) in [6.07, 6.45) is 2.96. The van der Waals surface area contributed by atoms with Crippen LogP contribution in [-0.4, -0.2) is 28.6 Å². The maximum absolute atomic E-state index is 12.6. The van der Waals surface area contributed by atoms with Crippen LogP contribution in [-0.2, 0) is 5.54 Å². The van der Waals surface area contributed by atoms with Gasteiger partial charge in [0, 0.05) is 24.8 Å². The van der Waals surface area contributed by atoms with E-state index in [1.165, 1.54) is 6.42 Å². The van der Waals surface area contributed by atoms with Crippen LogP contribution in [0.2, 0.25) is 0 Å². The van der Waals surface area contributed by atoms with Crippen LogP contribution in [0.25, 0.3) is 0 Å². The van der Waals surface area contributed by atoms with E-state index in [0.29, 0.717) is 23.2 Å². The fourth-order valence-corrected chi connectivity index (χ4v) is 3.19. The van der Waals surface area contributed by atoms with Crippen LogP contribution in [0, 0.1) is 23.2 Å². The molecule has 0 aromatic carbocycles. The van der Waals surface area contributed by atoms with Crippen LogP contribution in [0.3, 0.4) is 0 Å². The molecule has 5 nitrogen and oxygen atoms in total. The number of likely N-dealkylation sites (tertiary alicyclic amines) is 1. The van der Waals surface area contributed by atoms with Crippen molar-refractivity contribution in [1.82, 2.24) is 9.47 Å². The number of piperidine rings is 1. The van der Waals surface area contributed by atoms with E-state index in [-0.39, 0.29) is 11.6 Å². The highest BCUT2D eigenvalue weighted by atomic mass is 16.2. The first kappa shape index (κ1) is 16.4. The summed E-state index contributed by atoms with van der Waals surface area (Å²) >= 11 is 0. The number of rotatable bonds is 1. The molecule has 1 N–H and O–H groups in total. The molecule has 1 aromatic rings. The molecule has 1 aliphatic rings. The van der Waals surface area contributed by atoms with Gasteiger partial charge in [-0.05, 0) is 45.1 Å². The molecule has 22 heavy (non-hydrogen) atoms. The average Bonchev–Trinajstić information content (AvgIpc) is 2.80. The SMILES string of the molecule is CC1CC(C)CN(C(=O)Nc2cc(C#N)cn2C(C)(C)C)C1. The van der Waals surface area contributed by atoms with Crippen molar-refractivity contribution in [2.24, 2.45) is 11.8 Å². The van der Waals surface area contributed by atoms with Crippen LogP contribution in [0.4, 0.5) is 10.6 Å². The lowest BCUT2D eigenvalue weighted by atomic mass is 9.92. The van der Waals surface area contributed by atoms with E-state index in [2.05, 4.69) is 46.0 Å². The number of anilines is 1. The molecule has 2 heterocycles. The molecular weight excluding hydrogens is 276 g/mol. The van der Waals surface area contributed by atoms with Gasteiger partial charge in [0.1, 0.15) is 11.9 Å². The Labute approximate surface area is 132 Å². The van der Waals surface area contributed by atoms with Crippen molar-refractivity contribution in [1.29, 1.82) is 5.26 Å². The highest BCUT2D eigenvalue weighted by Crippen LogP contribution is 2.26. The normalized spacial score (nSPS) is 22.3. The second kappa shape index (κ2) is 6.04. The molecule has 120 valence electrons. The molecule has 1 aromatic heterocycles. The Kier molecular flexibility index (Phi) is 4.50. The largest absolute Gasteiger partial charge is 0.328 e. The summed E-state index contributed by atoms with van der Waals surface area (Å²) in [5, 5.41) is 12.1. The van der Waals surface area contributed by atoms with E-state index in [1.807, 2.05) is 9.47 Å². The molecule has 0 aliphatic carbocycles. The molecule has 0 bridgehead atoms. The number of nitriles is 1. The molecule has 0 radical (unpaired) electrons. The maximum atomic E-state index is 12.6. The number of nitrogens with zero attached hydrogens (tertiary/aromatic N) is 3. The summed E-state index contributed by atoms with van der Waals surface area (Å²) in [5.41, 5.74) is 0.366. The fourth-order valence-electron chi connectivity index (χ4n) is 3.19. The maximum Gasteiger partial charge on any atom is 0.322 e. The molecule has 0 spiro atoms. The van der Waals surface area contributed by atoms with Crippen molar-refractivity contribution in [3.05, 3.63) is 17.8 Å². The number of carbonyl (C=O) groups excluding carboxylic acids is 1. The smallest absolute Gasteiger partial charge is 0.322 e. The second-order valence-corrected chi connectivity index (χ2v) is 7.55. The van der Waals surface area contributed by atoms with Gasteiger partial charge in [-0.1, -0.05) is 13.8 Å². The topological polar surface area (TPSA) is 61.1 Å². The lowest BCUT2D eigenvalue weighted by Gasteiger charge is -2.35. The molecular formula is C17H26N4O. The van der Waals surface area contributed by atoms with Crippen molar-refractivity contribution >= 4 is 11.8 Å². The number of urea groups is 1. The zero-order chi connectivity index (χ0) is 16.5. The van der Waals surface area contributed by atoms with Crippen LogP contribution >= 0.6 is 0 Å². The number of nitrogens with one attached hydrogen (secondary N) is 1. The number of aromatic nitrogens is 1. The van der Waals surface area contributed by atoms with Gasteiger partial charge in [-0.25, -0.2) is 4.79 Å². The summed E-state index contributed by atoms with van der Waals surface area (Å²) in [7, 11) is 0. The Balaban J connectivity index is 2.18. The number of carbonyl (C=O) groups is 1. The number of hydrogen-bond acceptors (Lipinski definition) is 2. The highest BCUT2D eigenvalue weighted by Gasteiger charge is 2.27. The van der Waals surface area contributed by atoms with Gasteiger partial charge in [0.2, 0.25) is 0 Å². The van der Waals surface area contributed by atoms with E-state index in [0.717, 1.165) is 13.1 Å². The predicted octanol–water partition coefficient (Wildman–Crippen LogP) is 3.62. The van der Waals surface area contributed by atoms with Gasteiger partial charge in [0.15, 0.2) is 0 Å². The molecule has 1 fully saturated rings. The zero-order valence-corrected chi connectivity index (χ0v) is 14.2. The van der Waals surface area contributed by atoms with Crippen molar-refractivity contribution in [2.75, 3.05) is 18.4 Å². The quantitative estimate of drug-likeness (QED) is 0.861. The summed E-state index contributed by atoms with van der Waals surface area (Å²) in [6.45, 7) is 12.1. The van der Waals surface area contributed by atoms with E-state index in [9.17, 15) is 4.79 Å². The van der Waals surface area contributed by atoms with Gasteiger partial charge in [0.05, 0.1) is 5.56 Å². The minimum absolute atomic E-state index is 0.0773. The first-order chi connectivity index (χ1) is 10.2. The molecule has 2 unspecified atom stereocenters. The summed E-state index contributed by atoms with van der Waals surface area (Å²) in [6, 6.07) is 3.80. The number of hydrogen-bond donors (Lipinski definition) is 1. The Bertz CT molecular complexity index is 581. The van der Waals surface area contributed by atoms with Crippen molar-refractivity contribution in [2.45, 2.75) is 46.6 Å². The van der Waals surface area contributed by atoms with Crippen molar-refractivity contribution < 1.29 is 4.79 Å². The lowest BCUT2D eigenvalue weighted by molar-refractivity contribution is 0.156. The van der Waals surface area contributed by atoms with Gasteiger partial charge in [-0.2, -0.15) is 5.26 Å². The third-order valence-electron chi connectivity index (χ3n) is 4.06. The molecule has 1 aliphatic heterocycles. The minimum atomic E-state index is -0.194. The Morgan fingerprint density at radius 1 is 1.32 bits per heavy atom. The van der Waals surface area contributed by atoms with E-state index in [4.69, 9.17) is 5.26 Å². The second-order valence-electron chi connectivity index (χ2n) is 7.55. The van der Waals surface area contributed by atoms with E-state index < -0.39 is 0 Å². The molecule has 5 heteroatoms. The van der Waals surface area contributed by atoms with Crippen LogP contribution < -0.4 is 5.32 Å².